The first-order valence-corrected chi connectivity index (χ1v) is 7.16. The van der Waals surface area contributed by atoms with Crippen LogP contribution in [0.4, 0.5) is 0 Å². The first kappa shape index (κ1) is 14.9. The highest BCUT2D eigenvalue weighted by Gasteiger charge is 2.20. The molecule has 100 valence electrons. The quantitative estimate of drug-likeness (QED) is 0.797. The van der Waals surface area contributed by atoms with Gasteiger partial charge >= 0.3 is 0 Å². The summed E-state index contributed by atoms with van der Waals surface area (Å²) in [7, 11) is -0.000154. The summed E-state index contributed by atoms with van der Waals surface area (Å²) in [5.41, 5.74) is 1.87. The van der Waals surface area contributed by atoms with Crippen molar-refractivity contribution in [3.63, 3.8) is 0 Å². The zero-order chi connectivity index (χ0) is 13.8. The Balaban J connectivity index is 2.94. The molecule has 5 heteroatoms. The molecule has 0 bridgehead atoms. The fourth-order valence-electron chi connectivity index (χ4n) is 1.63. The van der Waals surface area contributed by atoms with E-state index in [1.165, 1.54) is 4.31 Å². The van der Waals surface area contributed by atoms with Gasteiger partial charge in [-0.05, 0) is 31.7 Å². The van der Waals surface area contributed by atoms with Gasteiger partial charge in [-0.2, -0.15) is 4.31 Å². The molecule has 0 heterocycles. The van der Waals surface area contributed by atoms with Gasteiger partial charge in [-0.1, -0.05) is 24.3 Å². The number of likely N-dealkylation sites (N-methyl/N-ethyl adjacent to an activating group) is 1. The predicted octanol–water partition coefficient (Wildman–Crippen LogP) is 1.60. The second-order valence-electron chi connectivity index (χ2n) is 4.39. The molecule has 0 saturated carbocycles. The van der Waals surface area contributed by atoms with Crippen LogP contribution >= 0.6 is 0 Å². The first-order valence-electron chi connectivity index (χ1n) is 5.72. The number of sulfonamides is 1. The Hall–Kier alpha value is -1.17. The van der Waals surface area contributed by atoms with Crippen molar-refractivity contribution in [1.29, 1.82) is 0 Å². The summed E-state index contributed by atoms with van der Waals surface area (Å²) in [5.74, 6) is 0. The van der Waals surface area contributed by atoms with Crippen LogP contribution in [-0.2, 0) is 16.6 Å². The van der Waals surface area contributed by atoms with Crippen molar-refractivity contribution >= 4 is 10.0 Å². The third-order valence-electron chi connectivity index (χ3n) is 2.51. The Morgan fingerprint density at radius 1 is 1.33 bits per heavy atom. The second kappa shape index (κ2) is 6.13. The zero-order valence-corrected chi connectivity index (χ0v) is 11.9. The van der Waals surface area contributed by atoms with E-state index in [1.807, 2.05) is 26.1 Å². The molecule has 0 aliphatic carbocycles. The third-order valence-corrected chi connectivity index (χ3v) is 4.32. The second-order valence-corrected chi connectivity index (χ2v) is 6.44. The molecule has 1 rings (SSSR count). The molecular weight excluding hydrogens is 248 g/mol. The first-order chi connectivity index (χ1) is 8.37. The van der Waals surface area contributed by atoms with Crippen LogP contribution in [-0.4, -0.2) is 33.4 Å². The highest BCUT2D eigenvalue weighted by molar-refractivity contribution is 7.89. The standard InChI is InChI=1S/C13H20N2O2S/c1-11(2)10-15(4)18(16,17)13-7-5-12(6-8-13)9-14-3/h5-8,14H,1,9-10H2,2-4H3. The van der Waals surface area contributed by atoms with Crippen LogP contribution in [0.2, 0.25) is 0 Å². The van der Waals surface area contributed by atoms with Gasteiger partial charge in [0.2, 0.25) is 10.0 Å². The topological polar surface area (TPSA) is 49.4 Å². The van der Waals surface area contributed by atoms with Gasteiger partial charge in [0.15, 0.2) is 0 Å². The van der Waals surface area contributed by atoms with Crippen molar-refractivity contribution in [2.24, 2.45) is 0 Å². The van der Waals surface area contributed by atoms with Crippen molar-refractivity contribution in [2.75, 3.05) is 20.6 Å². The van der Waals surface area contributed by atoms with Crippen LogP contribution in [0, 0.1) is 0 Å². The molecule has 0 spiro atoms. The van der Waals surface area contributed by atoms with E-state index in [0.717, 1.165) is 17.7 Å². The maximum atomic E-state index is 12.2. The lowest BCUT2D eigenvalue weighted by Gasteiger charge is -2.17. The average molecular weight is 268 g/mol. The summed E-state index contributed by atoms with van der Waals surface area (Å²) >= 11 is 0. The van der Waals surface area contributed by atoms with Crippen LogP contribution in [0.15, 0.2) is 41.3 Å². The molecule has 0 amide bonds. The minimum atomic E-state index is -3.41. The summed E-state index contributed by atoms with van der Waals surface area (Å²) in [4.78, 5) is 0.311. The monoisotopic (exact) mass is 268 g/mol. The van der Waals surface area contributed by atoms with Crippen LogP contribution in [0.1, 0.15) is 12.5 Å². The van der Waals surface area contributed by atoms with Gasteiger partial charge in [0.25, 0.3) is 0 Å². The lowest BCUT2D eigenvalue weighted by molar-refractivity contribution is 0.493. The number of hydrogen-bond donors (Lipinski definition) is 1. The summed E-state index contributed by atoms with van der Waals surface area (Å²) < 4.78 is 25.7. The highest BCUT2D eigenvalue weighted by atomic mass is 32.2. The van der Waals surface area contributed by atoms with E-state index in [2.05, 4.69) is 11.9 Å². The minimum absolute atomic E-state index is 0.311. The van der Waals surface area contributed by atoms with Crippen LogP contribution in [0.5, 0.6) is 0 Å². The van der Waals surface area contributed by atoms with Crippen LogP contribution in [0.25, 0.3) is 0 Å². The van der Waals surface area contributed by atoms with E-state index in [1.54, 1.807) is 19.2 Å². The maximum absolute atomic E-state index is 12.2. The normalized spacial score (nSPS) is 11.8. The van der Waals surface area contributed by atoms with Crippen molar-refractivity contribution in [1.82, 2.24) is 9.62 Å². The molecule has 0 unspecified atom stereocenters. The number of nitrogens with one attached hydrogen (secondary N) is 1. The van der Waals surface area contributed by atoms with E-state index in [4.69, 9.17) is 0 Å². The Morgan fingerprint density at radius 2 is 1.89 bits per heavy atom. The number of hydrogen-bond acceptors (Lipinski definition) is 3. The van der Waals surface area contributed by atoms with E-state index < -0.39 is 10.0 Å². The molecule has 0 radical (unpaired) electrons. The smallest absolute Gasteiger partial charge is 0.243 e. The summed E-state index contributed by atoms with van der Waals surface area (Å²) in [6.07, 6.45) is 0. The zero-order valence-electron chi connectivity index (χ0n) is 11.1. The molecule has 0 aliphatic heterocycles. The number of benzene rings is 1. The molecule has 18 heavy (non-hydrogen) atoms. The van der Waals surface area contributed by atoms with Gasteiger partial charge < -0.3 is 5.32 Å². The Labute approximate surface area is 109 Å². The molecule has 1 N–H and O–H groups in total. The molecule has 4 nitrogen and oxygen atoms in total. The lowest BCUT2D eigenvalue weighted by atomic mass is 10.2. The fraction of sp³-hybridized carbons (Fsp3) is 0.385. The molecule has 0 fully saturated rings. The lowest BCUT2D eigenvalue weighted by Crippen LogP contribution is -2.28. The predicted molar refractivity (Wildman–Crippen MR) is 73.8 cm³/mol. The van der Waals surface area contributed by atoms with Gasteiger partial charge in [-0.25, -0.2) is 8.42 Å². The third kappa shape index (κ3) is 3.66. The van der Waals surface area contributed by atoms with Gasteiger partial charge in [0.1, 0.15) is 0 Å². The fourth-order valence-corrected chi connectivity index (χ4v) is 2.86. The van der Waals surface area contributed by atoms with Crippen LogP contribution < -0.4 is 5.32 Å². The summed E-state index contributed by atoms with van der Waals surface area (Å²) in [6.45, 7) is 6.59. The van der Waals surface area contributed by atoms with Crippen LogP contribution in [0.3, 0.4) is 0 Å². The van der Waals surface area contributed by atoms with E-state index >= 15 is 0 Å². The van der Waals surface area contributed by atoms with Gasteiger partial charge in [0, 0.05) is 20.1 Å². The molecule has 0 saturated heterocycles. The summed E-state index contributed by atoms with van der Waals surface area (Å²) in [5, 5.41) is 3.02. The summed E-state index contributed by atoms with van der Waals surface area (Å²) in [6, 6.07) is 6.91. The largest absolute Gasteiger partial charge is 0.316 e. The van der Waals surface area contributed by atoms with Crippen molar-refractivity contribution in [3.8, 4) is 0 Å². The van der Waals surface area contributed by atoms with Crippen molar-refractivity contribution in [3.05, 3.63) is 42.0 Å². The molecular formula is C13H20N2O2S. The van der Waals surface area contributed by atoms with Crippen molar-refractivity contribution < 1.29 is 8.42 Å². The van der Waals surface area contributed by atoms with E-state index in [0.29, 0.717) is 11.4 Å². The molecule has 0 aromatic heterocycles. The molecule has 0 aliphatic rings. The Morgan fingerprint density at radius 3 is 2.33 bits per heavy atom. The SMILES string of the molecule is C=C(C)CN(C)S(=O)(=O)c1ccc(CNC)cc1. The van der Waals surface area contributed by atoms with Crippen molar-refractivity contribution in [2.45, 2.75) is 18.4 Å². The number of rotatable bonds is 6. The van der Waals surface area contributed by atoms with E-state index in [-0.39, 0.29) is 0 Å². The Kier molecular flexibility index (Phi) is 5.07. The van der Waals surface area contributed by atoms with Gasteiger partial charge in [-0.3, -0.25) is 0 Å². The molecule has 0 atom stereocenters. The van der Waals surface area contributed by atoms with Gasteiger partial charge in [0.05, 0.1) is 4.90 Å². The average Bonchev–Trinajstić information content (AvgIpc) is 2.29. The maximum Gasteiger partial charge on any atom is 0.243 e. The van der Waals surface area contributed by atoms with E-state index in [9.17, 15) is 8.42 Å². The Bertz CT molecular complexity index is 506. The highest BCUT2D eigenvalue weighted by Crippen LogP contribution is 2.15. The molecule has 1 aromatic rings. The molecule has 1 aromatic carbocycles. The minimum Gasteiger partial charge on any atom is -0.316 e. The number of nitrogens with zero attached hydrogens (tertiary/aromatic N) is 1. The van der Waals surface area contributed by atoms with Gasteiger partial charge in [-0.15, -0.1) is 0 Å².